The highest BCUT2D eigenvalue weighted by atomic mass is 19.1. The van der Waals surface area contributed by atoms with Crippen LogP contribution >= 0.6 is 0 Å². The minimum atomic E-state index is -0.249. The van der Waals surface area contributed by atoms with Gasteiger partial charge in [0.2, 0.25) is 0 Å². The molecular weight excluding hydrogens is 722 g/mol. The molecule has 2 N–H and O–H groups in total. The molecule has 2 aromatic heterocycles. The zero-order valence-corrected chi connectivity index (χ0v) is 33.7. The van der Waals surface area contributed by atoms with E-state index in [1.54, 1.807) is 12.5 Å². The summed E-state index contributed by atoms with van der Waals surface area (Å²) in [5.41, 5.74) is 6.57. The maximum atomic E-state index is 15.4. The van der Waals surface area contributed by atoms with E-state index in [1.807, 2.05) is 6.92 Å². The van der Waals surface area contributed by atoms with Gasteiger partial charge in [-0.05, 0) is 97.4 Å². The van der Waals surface area contributed by atoms with E-state index < -0.39 is 0 Å². The number of rotatable bonds is 12. The summed E-state index contributed by atoms with van der Waals surface area (Å²) in [5.74, 6) is 1.44. The van der Waals surface area contributed by atoms with Crippen molar-refractivity contribution in [3.8, 4) is 6.01 Å². The fourth-order valence-corrected chi connectivity index (χ4v) is 8.78. The van der Waals surface area contributed by atoms with E-state index in [0.29, 0.717) is 72.2 Å². The number of halogens is 1. The molecule has 5 aliphatic rings. The SMILES string of the molecule is C\C(=C(/C=c1/c(N2CC3CC2CN3)nc(OC2CCOCC2)n/c1=C\OCc1ccc(C2CN(C(C)C(C)C)N=N2)cc1)C1CC1)c1c(C)c(F)cc2[nH]ncc12. The van der Waals surface area contributed by atoms with Gasteiger partial charge in [0.1, 0.15) is 42.0 Å². The molecule has 0 spiro atoms. The molecule has 300 valence electrons. The van der Waals surface area contributed by atoms with E-state index in [-0.39, 0.29) is 18.0 Å². The van der Waals surface area contributed by atoms with Crippen LogP contribution in [0, 0.1) is 24.6 Å². The Labute approximate surface area is 333 Å². The number of aromatic nitrogens is 4. The van der Waals surface area contributed by atoms with Gasteiger partial charge < -0.3 is 24.4 Å². The summed E-state index contributed by atoms with van der Waals surface area (Å²) in [5, 5.41) is 24.5. The smallest absolute Gasteiger partial charge is 0.319 e. The molecular formula is C44H54FN9O3. The second kappa shape index (κ2) is 15.8. The summed E-state index contributed by atoms with van der Waals surface area (Å²) >= 11 is 0. The van der Waals surface area contributed by atoms with Gasteiger partial charge in [0, 0.05) is 54.7 Å². The lowest BCUT2D eigenvalue weighted by atomic mass is 9.91. The number of benzene rings is 2. The van der Waals surface area contributed by atoms with Gasteiger partial charge in [-0.25, -0.2) is 4.39 Å². The van der Waals surface area contributed by atoms with Crippen LogP contribution in [0.2, 0.25) is 0 Å². The van der Waals surface area contributed by atoms with Gasteiger partial charge in [-0.2, -0.15) is 20.2 Å². The molecule has 0 amide bonds. The van der Waals surface area contributed by atoms with Crippen molar-refractivity contribution < 1.29 is 18.6 Å². The zero-order valence-electron chi connectivity index (χ0n) is 33.7. The van der Waals surface area contributed by atoms with Crippen LogP contribution in [0.1, 0.15) is 88.1 Å². The fourth-order valence-electron chi connectivity index (χ4n) is 8.78. The minimum Gasteiger partial charge on any atom is -0.494 e. The van der Waals surface area contributed by atoms with Crippen LogP contribution in [-0.2, 0) is 16.1 Å². The Morgan fingerprint density at radius 2 is 1.88 bits per heavy atom. The first kappa shape index (κ1) is 37.7. The molecule has 1 aliphatic carbocycles. The van der Waals surface area contributed by atoms with Crippen LogP contribution in [0.4, 0.5) is 10.2 Å². The molecule has 4 atom stereocenters. The average Bonchev–Trinajstić information content (AvgIpc) is 3.59. The van der Waals surface area contributed by atoms with Gasteiger partial charge >= 0.3 is 6.01 Å². The number of fused-ring (bicyclic) bond motifs is 3. The lowest BCUT2D eigenvalue weighted by Crippen LogP contribution is -2.48. The average molecular weight is 776 g/mol. The number of anilines is 1. The van der Waals surface area contributed by atoms with Crippen LogP contribution in [0.5, 0.6) is 6.01 Å². The number of ether oxygens (including phenoxy) is 3. The van der Waals surface area contributed by atoms with Crippen molar-refractivity contribution in [3.05, 3.63) is 80.7 Å². The molecule has 0 radical (unpaired) electrons. The standard InChI is InChI=1S/C44H54FN9O3/c1-25(2)28(5)54-22-40(51-52-54)31-8-6-29(7-9-31)23-56-24-41-36(17-35(30-10-11-30)26(3)42-27(4)38(45)18-39-37(42)20-47-50-39)43(53-21-32-16-33(53)19-46-32)49-44(48-41)57-34-12-14-55-15-13-34/h6-9,17-18,20,24-25,28,30,32-34,40,46H,10-16,19,21-23H2,1-5H3,(H,47,50)/b35-26-,36-17+,41-24-. The number of piperazine rings is 1. The molecule has 4 unspecified atom stereocenters. The van der Waals surface area contributed by atoms with Crippen molar-refractivity contribution in [2.24, 2.45) is 22.2 Å². The lowest BCUT2D eigenvalue weighted by molar-refractivity contribution is 0.0216. The molecule has 4 fully saturated rings. The summed E-state index contributed by atoms with van der Waals surface area (Å²) in [7, 11) is 0. The van der Waals surface area contributed by atoms with E-state index in [9.17, 15) is 0 Å². The van der Waals surface area contributed by atoms with Crippen LogP contribution in [0.25, 0.3) is 28.8 Å². The van der Waals surface area contributed by atoms with E-state index in [1.165, 1.54) is 6.07 Å². The highest BCUT2D eigenvalue weighted by Gasteiger charge is 2.39. The number of hydrogen-bond acceptors (Lipinski definition) is 11. The molecule has 12 nitrogen and oxygen atoms in total. The van der Waals surface area contributed by atoms with Crippen molar-refractivity contribution in [2.75, 3.05) is 37.7 Å². The molecule has 3 saturated heterocycles. The largest absolute Gasteiger partial charge is 0.494 e. The molecule has 9 rings (SSSR count). The van der Waals surface area contributed by atoms with Gasteiger partial charge in [-0.15, -0.1) is 0 Å². The van der Waals surface area contributed by atoms with Gasteiger partial charge in [-0.1, -0.05) is 43.3 Å². The summed E-state index contributed by atoms with van der Waals surface area (Å²) in [4.78, 5) is 12.7. The quantitative estimate of drug-likeness (QED) is 0.171. The molecule has 4 aliphatic heterocycles. The number of hydrogen-bond donors (Lipinski definition) is 2. The molecule has 13 heteroatoms. The third-order valence-electron chi connectivity index (χ3n) is 12.7. The summed E-state index contributed by atoms with van der Waals surface area (Å²) in [6.07, 6.45) is 10.6. The van der Waals surface area contributed by atoms with E-state index in [2.05, 4.69) is 93.8 Å². The van der Waals surface area contributed by atoms with Crippen molar-refractivity contribution in [1.29, 1.82) is 0 Å². The first-order valence-corrected chi connectivity index (χ1v) is 20.8. The highest BCUT2D eigenvalue weighted by molar-refractivity contribution is 5.95. The predicted molar refractivity (Wildman–Crippen MR) is 218 cm³/mol. The predicted octanol–water partition coefficient (Wildman–Crippen LogP) is 6.30. The first-order chi connectivity index (χ1) is 27.7. The third kappa shape index (κ3) is 7.75. The Kier molecular flexibility index (Phi) is 10.5. The van der Waals surface area contributed by atoms with Crippen LogP contribution in [0.3, 0.4) is 0 Å². The molecule has 57 heavy (non-hydrogen) atoms. The Morgan fingerprint density at radius 1 is 1.07 bits per heavy atom. The third-order valence-corrected chi connectivity index (χ3v) is 12.7. The van der Waals surface area contributed by atoms with E-state index in [0.717, 1.165) is 96.0 Å². The van der Waals surface area contributed by atoms with Gasteiger partial charge in [-0.3, -0.25) is 10.1 Å². The fraction of sp³-hybridized carbons (Fsp3) is 0.523. The summed E-state index contributed by atoms with van der Waals surface area (Å²) in [6, 6.07) is 11.4. The molecule has 2 bridgehead atoms. The van der Waals surface area contributed by atoms with Gasteiger partial charge in [0.25, 0.3) is 0 Å². The van der Waals surface area contributed by atoms with E-state index in [4.69, 9.17) is 24.2 Å². The van der Waals surface area contributed by atoms with Gasteiger partial charge in [0.15, 0.2) is 0 Å². The first-order valence-electron chi connectivity index (χ1n) is 20.8. The lowest BCUT2D eigenvalue weighted by Gasteiger charge is -2.29. The zero-order chi connectivity index (χ0) is 39.2. The Morgan fingerprint density at radius 3 is 2.60 bits per heavy atom. The molecule has 1 saturated carbocycles. The Balaban J connectivity index is 1.11. The van der Waals surface area contributed by atoms with Crippen molar-refractivity contribution in [2.45, 2.75) is 104 Å². The molecule has 4 aromatic rings. The second-order valence-corrected chi connectivity index (χ2v) is 16.9. The van der Waals surface area contributed by atoms with E-state index >= 15 is 4.39 Å². The topological polar surface area (TPSA) is 125 Å². The number of allylic oxidation sites excluding steroid dienone is 2. The minimum absolute atomic E-state index is 0.0217. The van der Waals surface area contributed by atoms with Crippen LogP contribution < -0.4 is 25.5 Å². The van der Waals surface area contributed by atoms with Crippen molar-refractivity contribution in [1.82, 2.24) is 30.5 Å². The maximum Gasteiger partial charge on any atom is 0.319 e. The van der Waals surface area contributed by atoms with Crippen molar-refractivity contribution >= 4 is 34.6 Å². The Hall–Kier alpha value is -4.88. The second-order valence-electron chi connectivity index (χ2n) is 16.9. The summed E-state index contributed by atoms with van der Waals surface area (Å²) in [6.45, 7) is 14.8. The van der Waals surface area contributed by atoms with Gasteiger partial charge in [0.05, 0.1) is 31.5 Å². The normalized spacial score (nSPS) is 24.0. The van der Waals surface area contributed by atoms with Crippen LogP contribution in [-0.4, -0.2) is 82.3 Å². The number of nitrogens with zero attached hydrogens (tertiary/aromatic N) is 7. The highest BCUT2D eigenvalue weighted by Crippen LogP contribution is 2.43. The monoisotopic (exact) mass is 775 g/mol. The Bertz CT molecular complexity index is 2300. The van der Waals surface area contributed by atoms with Crippen molar-refractivity contribution in [3.63, 3.8) is 0 Å². The number of nitrogens with one attached hydrogen (secondary N) is 2. The number of H-pyrrole nitrogens is 1. The maximum absolute atomic E-state index is 15.4. The summed E-state index contributed by atoms with van der Waals surface area (Å²) < 4.78 is 34.0. The van der Waals surface area contributed by atoms with Crippen LogP contribution in [0.15, 0.2) is 52.4 Å². The number of aromatic amines is 1. The molecule has 2 aromatic carbocycles. The molecule has 6 heterocycles.